The monoisotopic (exact) mass is 268 g/mol. The number of hydrogen-bond donors (Lipinski definition) is 0. The molecule has 6 heteroatoms. The third kappa shape index (κ3) is 3.12. The average Bonchev–Trinajstić information content (AvgIpc) is 2.75. The minimum Gasteiger partial charge on any atom is -0.468 e. The molecule has 0 saturated carbocycles. The van der Waals surface area contributed by atoms with Crippen molar-refractivity contribution in [2.75, 3.05) is 26.7 Å². The van der Waals surface area contributed by atoms with Gasteiger partial charge in [0.25, 0.3) is 0 Å². The summed E-state index contributed by atoms with van der Waals surface area (Å²) in [6, 6.07) is -0.230. The first-order valence-corrected chi connectivity index (χ1v) is 6.78. The van der Waals surface area contributed by atoms with Gasteiger partial charge in [0.15, 0.2) is 0 Å². The second kappa shape index (κ2) is 6.14. The molecule has 2 saturated heterocycles. The van der Waals surface area contributed by atoms with Gasteiger partial charge in [-0.05, 0) is 19.4 Å². The molecule has 0 aromatic rings. The average molecular weight is 268 g/mol. The summed E-state index contributed by atoms with van der Waals surface area (Å²) in [6.07, 6.45) is 3.47. The molecule has 0 N–H and O–H groups in total. The van der Waals surface area contributed by atoms with Crippen LogP contribution in [0.25, 0.3) is 0 Å². The Bertz CT molecular complexity index is 367. The first-order valence-electron chi connectivity index (χ1n) is 6.78. The lowest BCUT2D eigenvalue weighted by Crippen LogP contribution is -2.48. The van der Waals surface area contributed by atoms with Gasteiger partial charge in [0.1, 0.15) is 6.04 Å². The number of carbonyl (C=O) groups is 3. The molecule has 106 valence electrons. The Balaban J connectivity index is 1.91. The molecule has 2 heterocycles. The molecule has 0 radical (unpaired) electrons. The van der Waals surface area contributed by atoms with E-state index in [1.807, 2.05) is 4.90 Å². The number of imide groups is 1. The van der Waals surface area contributed by atoms with Gasteiger partial charge in [-0.3, -0.25) is 24.2 Å². The van der Waals surface area contributed by atoms with Crippen molar-refractivity contribution >= 4 is 17.8 Å². The number of esters is 1. The summed E-state index contributed by atoms with van der Waals surface area (Å²) >= 11 is 0. The zero-order chi connectivity index (χ0) is 13.8. The molecule has 2 amide bonds. The van der Waals surface area contributed by atoms with Gasteiger partial charge in [-0.15, -0.1) is 0 Å². The van der Waals surface area contributed by atoms with E-state index in [2.05, 4.69) is 0 Å². The number of amides is 2. The fourth-order valence-corrected chi connectivity index (χ4v) is 2.76. The zero-order valence-corrected chi connectivity index (χ0v) is 11.3. The molecular formula is C13H20N2O4. The van der Waals surface area contributed by atoms with Gasteiger partial charge in [0.05, 0.1) is 7.11 Å². The van der Waals surface area contributed by atoms with Gasteiger partial charge in [-0.25, -0.2) is 0 Å². The van der Waals surface area contributed by atoms with E-state index in [0.29, 0.717) is 25.9 Å². The summed E-state index contributed by atoms with van der Waals surface area (Å²) in [5, 5.41) is 0. The van der Waals surface area contributed by atoms with Crippen LogP contribution in [0.2, 0.25) is 0 Å². The standard InChI is InChI=1S/C13H20N2O4/c1-19-13(18)10-4-2-3-7-14(10)8-9-15-11(16)5-6-12(15)17/h10H,2-9H2,1H3/t10-/m1/s1. The normalized spacial score (nSPS) is 24.9. The zero-order valence-electron chi connectivity index (χ0n) is 11.3. The van der Waals surface area contributed by atoms with Crippen molar-refractivity contribution in [2.45, 2.75) is 38.1 Å². The molecule has 0 spiro atoms. The maximum atomic E-state index is 11.7. The highest BCUT2D eigenvalue weighted by atomic mass is 16.5. The van der Waals surface area contributed by atoms with Crippen molar-refractivity contribution in [3.05, 3.63) is 0 Å². The molecule has 1 atom stereocenters. The molecule has 19 heavy (non-hydrogen) atoms. The van der Waals surface area contributed by atoms with Crippen LogP contribution in [0, 0.1) is 0 Å². The fraction of sp³-hybridized carbons (Fsp3) is 0.769. The Kier molecular flexibility index (Phi) is 4.52. The number of piperidine rings is 1. The summed E-state index contributed by atoms with van der Waals surface area (Å²) in [5.41, 5.74) is 0. The van der Waals surface area contributed by atoms with E-state index >= 15 is 0 Å². The van der Waals surface area contributed by atoms with E-state index in [9.17, 15) is 14.4 Å². The van der Waals surface area contributed by atoms with Crippen molar-refractivity contribution in [3.63, 3.8) is 0 Å². The Morgan fingerprint density at radius 2 is 1.89 bits per heavy atom. The number of ether oxygens (including phenoxy) is 1. The van der Waals surface area contributed by atoms with Crippen molar-refractivity contribution in [2.24, 2.45) is 0 Å². The second-order valence-electron chi connectivity index (χ2n) is 5.01. The fourth-order valence-electron chi connectivity index (χ4n) is 2.76. The van der Waals surface area contributed by atoms with Crippen LogP contribution in [0.5, 0.6) is 0 Å². The first kappa shape index (κ1) is 14.0. The van der Waals surface area contributed by atoms with Gasteiger partial charge in [-0.2, -0.15) is 0 Å². The number of likely N-dealkylation sites (tertiary alicyclic amines) is 2. The molecule has 0 aromatic carbocycles. The molecule has 2 aliphatic heterocycles. The smallest absolute Gasteiger partial charge is 0.323 e. The summed E-state index contributed by atoms with van der Waals surface area (Å²) in [5.74, 6) is -0.424. The molecule has 2 fully saturated rings. The predicted octanol–water partition coefficient (Wildman–Crippen LogP) is 0.163. The number of hydrogen-bond acceptors (Lipinski definition) is 5. The summed E-state index contributed by atoms with van der Waals surface area (Å²) in [4.78, 5) is 38.1. The highest BCUT2D eigenvalue weighted by Crippen LogP contribution is 2.19. The van der Waals surface area contributed by atoms with Crippen molar-refractivity contribution in [1.29, 1.82) is 0 Å². The first-order chi connectivity index (χ1) is 9.13. The Hall–Kier alpha value is -1.43. The lowest BCUT2D eigenvalue weighted by molar-refractivity contribution is -0.148. The van der Waals surface area contributed by atoms with E-state index < -0.39 is 0 Å². The number of nitrogens with zero attached hydrogens (tertiary/aromatic N) is 2. The minimum atomic E-state index is -0.230. The third-order valence-electron chi connectivity index (χ3n) is 3.85. The second-order valence-corrected chi connectivity index (χ2v) is 5.01. The van der Waals surface area contributed by atoms with E-state index in [1.54, 1.807) is 0 Å². The van der Waals surface area contributed by atoms with Crippen LogP contribution in [0.1, 0.15) is 32.1 Å². The van der Waals surface area contributed by atoms with Crippen LogP contribution in [0.4, 0.5) is 0 Å². The lowest BCUT2D eigenvalue weighted by atomic mass is 10.0. The number of methoxy groups -OCH3 is 1. The van der Waals surface area contributed by atoms with E-state index in [1.165, 1.54) is 12.0 Å². The number of carbonyl (C=O) groups excluding carboxylic acids is 3. The van der Waals surface area contributed by atoms with Crippen molar-refractivity contribution in [3.8, 4) is 0 Å². The van der Waals surface area contributed by atoms with Crippen LogP contribution in [0.3, 0.4) is 0 Å². The lowest BCUT2D eigenvalue weighted by Gasteiger charge is -2.34. The van der Waals surface area contributed by atoms with E-state index in [4.69, 9.17) is 4.74 Å². The Morgan fingerprint density at radius 3 is 2.53 bits per heavy atom. The predicted molar refractivity (Wildman–Crippen MR) is 67.2 cm³/mol. The highest BCUT2D eigenvalue weighted by molar-refractivity contribution is 6.01. The van der Waals surface area contributed by atoms with E-state index in [-0.39, 0.29) is 23.8 Å². The molecule has 0 aliphatic carbocycles. The highest BCUT2D eigenvalue weighted by Gasteiger charge is 2.32. The Morgan fingerprint density at radius 1 is 1.21 bits per heavy atom. The quantitative estimate of drug-likeness (QED) is 0.537. The summed E-state index contributed by atoms with van der Waals surface area (Å²) in [6.45, 7) is 1.75. The molecular weight excluding hydrogens is 248 g/mol. The maximum absolute atomic E-state index is 11.7. The molecule has 2 aliphatic rings. The van der Waals surface area contributed by atoms with Crippen LogP contribution < -0.4 is 0 Å². The summed E-state index contributed by atoms with van der Waals surface area (Å²) < 4.78 is 4.81. The van der Waals surface area contributed by atoms with Crippen LogP contribution in [-0.2, 0) is 19.1 Å². The van der Waals surface area contributed by atoms with Crippen LogP contribution in [-0.4, -0.2) is 60.4 Å². The van der Waals surface area contributed by atoms with Gasteiger partial charge < -0.3 is 4.74 Å². The third-order valence-corrected chi connectivity index (χ3v) is 3.85. The Labute approximate surface area is 112 Å². The maximum Gasteiger partial charge on any atom is 0.323 e. The number of rotatable bonds is 4. The topological polar surface area (TPSA) is 66.9 Å². The van der Waals surface area contributed by atoms with Gasteiger partial charge in [-0.1, -0.05) is 6.42 Å². The van der Waals surface area contributed by atoms with Crippen LogP contribution in [0.15, 0.2) is 0 Å². The van der Waals surface area contributed by atoms with Crippen molar-refractivity contribution < 1.29 is 19.1 Å². The minimum absolute atomic E-state index is 0.100. The molecule has 2 rings (SSSR count). The van der Waals surface area contributed by atoms with E-state index in [0.717, 1.165) is 25.8 Å². The van der Waals surface area contributed by atoms with Gasteiger partial charge in [0, 0.05) is 25.9 Å². The van der Waals surface area contributed by atoms with Crippen molar-refractivity contribution in [1.82, 2.24) is 9.80 Å². The van der Waals surface area contributed by atoms with Crippen LogP contribution >= 0.6 is 0 Å². The molecule has 0 bridgehead atoms. The van der Waals surface area contributed by atoms with Gasteiger partial charge in [0.2, 0.25) is 11.8 Å². The molecule has 6 nitrogen and oxygen atoms in total. The largest absolute Gasteiger partial charge is 0.468 e. The summed E-state index contributed by atoms with van der Waals surface area (Å²) in [7, 11) is 1.39. The molecule has 0 aromatic heterocycles. The van der Waals surface area contributed by atoms with Gasteiger partial charge >= 0.3 is 5.97 Å². The molecule has 0 unspecified atom stereocenters. The SMILES string of the molecule is COC(=O)[C@H]1CCCCN1CCN1C(=O)CCC1=O.